The van der Waals surface area contributed by atoms with E-state index in [9.17, 15) is 24.5 Å². The predicted octanol–water partition coefficient (Wildman–Crippen LogP) is 1.31. The molecule has 0 aliphatic carbocycles. The Morgan fingerprint density at radius 3 is 2.31 bits per heavy atom. The zero-order chi connectivity index (χ0) is 21.4. The lowest BCUT2D eigenvalue weighted by molar-refractivity contribution is -0.384. The summed E-state index contributed by atoms with van der Waals surface area (Å²) in [5.41, 5.74) is 6.02. The highest BCUT2D eigenvalue weighted by Crippen LogP contribution is 2.27. The van der Waals surface area contributed by atoms with Crippen molar-refractivity contribution in [3.63, 3.8) is 0 Å². The molecule has 2 aromatic rings. The minimum Gasteiger partial charge on any atom is -0.466 e. The highest BCUT2D eigenvalue weighted by atomic mass is 16.6. The molecule has 1 aromatic carbocycles. The van der Waals surface area contributed by atoms with Crippen LogP contribution in [0.5, 0.6) is 0 Å². The van der Waals surface area contributed by atoms with Crippen LogP contribution in [0.25, 0.3) is 0 Å². The largest absolute Gasteiger partial charge is 0.466 e. The Bertz CT molecular complexity index is 885. The van der Waals surface area contributed by atoms with Crippen LogP contribution in [0.2, 0.25) is 0 Å². The zero-order valence-corrected chi connectivity index (χ0v) is 15.6. The molecule has 2 atom stereocenters. The molecule has 29 heavy (non-hydrogen) atoms. The Kier molecular flexibility index (Phi) is 7.35. The molecule has 2 rings (SSSR count). The van der Waals surface area contributed by atoms with Crippen LogP contribution in [-0.2, 0) is 14.3 Å². The van der Waals surface area contributed by atoms with Crippen molar-refractivity contribution >= 4 is 23.5 Å². The highest BCUT2D eigenvalue weighted by molar-refractivity contribution is 5.97. The molecule has 1 heterocycles. The highest BCUT2D eigenvalue weighted by Gasteiger charge is 2.32. The van der Waals surface area contributed by atoms with E-state index in [0.717, 1.165) is 0 Å². The number of ether oxygens (including phenoxy) is 1. The molecule has 0 bridgehead atoms. The monoisotopic (exact) mass is 400 g/mol. The van der Waals surface area contributed by atoms with Crippen molar-refractivity contribution in [1.29, 1.82) is 0 Å². The van der Waals surface area contributed by atoms with Gasteiger partial charge in [0, 0.05) is 36.0 Å². The molecule has 152 valence electrons. The van der Waals surface area contributed by atoms with Crippen LogP contribution < -0.4 is 11.1 Å². The number of non-ortho nitro benzene ring substituents is 1. The van der Waals surface area contributed by atoms with Crippen molar-refractivity contribution in [1.82, 2.24) is 10.3 Å². The number of carbonyl (C=O) groups is 3. The van der Waals surface area contributed by atoms with E-state index in [2.05, 4.69) is 10.3 Å². The third kappa shape index (κ3) is 5.83. The van der Waals surface area contributed by atoms with Gasteiger partial charge in [-0.15, -0.1) is 0 Å². The summed E-state index contributed by atoms with van der Waals surface area (Å²) in [5, 5.41) is 13.4. The van der Waals surface area contributed by atoms with Crippen LogP contribution >= 0.6 is 0 Å². The first-order valence-corrected chi connectivity index (χ1v) is 8.73. The van der Waals surface area contributed by atoms with Gasteiger partial charge in [-0.2, -0.15) is 0 Å². The predicted molar refractivity (Wildman–Crippen MR) is 102 cm³/mol. The van der Waals surface area contributed by atoms with Gasteiger partial charge in [-0.25, -0.2) is 0 Å². The Labute approximate surface area is 166 Å². The number of hydrogen-bond acceptors (Lipinski definition) is 7. The van der Waals surface area contributed by atoms with Crippen LogP contribution in [-0.4, -0.2) is 40.3 Å². The van der Waals surface area contributed by atoms with Crippen molar-refractivity contribution in [2.24, 2.45) is 5.73 Å². The number of nitro groups is 1. The number of carbonyl (C=O) groups excluding carboxylic acids is 3. The second-order valence-corrected chi connectivity index (χ2v) is 6.05. The van der Waals surface area contributed by atoms with E-state index in [-0.39, 0.29) is 24.3 Å². The molecule has 0 unspecified atom stereocenters. The van der Waals surface area contributed by atoms with Gasteiger partial charge in [-0.1, -0.05) is 12.1 Å². The van der Waals surface area contributed by atoms with Crippen molar-refractivity contribution in [2.45, 2.75) is 25.3 Å². The van der Waals surface area contributed by atoms with Gasteiger partial charge < -0.3 is 15.8 Å². The summed E-state index contributed by atoms with van der Waals surface area (Å²) >= 11 is 0. The number of pyridine rings is 1. The van der Waals surface area contributed by atoms with E-state index in [4.69, 9.17) is 10.5 Å². The smallest absolute Gasteiger partial charge is 0.306 e. The van der Waals surface area contributed by atoms with Crippen molar-refractivity contribution in [2.75, 3.05) is 6.61 Å². The molecule has 0 aliphatic heterocycles. The van der Waals surface area contributed by atoms with Gasteiger partial charge in [-0.3, -0.25) is 29.5 Å². The number of nitrogens with zero attached hydrogens (tertiary/aromatic N) is 2. The molecular weight excluding hydrogens is 380 g/mol. The van der Waals surface area contributed by atoms with E-state index >= 15 is 0 Å². The summed E-state index contributed by atoms with van der Waals surface area (Å²) in [6, 6.07) is 6.99. The van der Waals surface area contributed by atoms with Gasteiger partial charge >= 0.3 is 5.97 Å². The van der Waals surface area contributed by atoms with Crippen molar-refractivity contribution in [3.05, 3.63) is 70.0 Å². The number of hydrogen-bond donors (Lipinski definition) is 2. The average molecular weight is 400 g/mol. The fourth-order valence-corrected chi connectivity index (χ4v) is 2.77. The molecule has 2 amide bonds. The molecular formula is C19H20N4O6. The molecule has 0 saturated carbocycles. The maximum Gasteiger partial charge on any atom is 0.306 e. The topological polar surface area (TPSA) is 155 Å². The molecule has 0 saturated heterocycles. The maximum absolute atomic E-state index is 12.5. The molecule has 0 fully saturated rings. The first kappa shape index (κ1) is 21.5. The summed E-state index contributed by atoms with van der Waals surface area (Å²) in [5.74, 6) is -2.91. The minimum absolute atomic E-state index is 0.135. The van der Waals surface area contributed by atoms with Gasteiger partial charge in [0.1, 0.15) is 6.04 Å². The van der Waals surface area contributed by atoms with Crippen LogP contribution in [0.3, 0.4) is 0 Å². The molecule has 3 N–H and O–H groups in total. The number of benzene rings is 1. The Balaban J connectivity index is 2.36. The summed E-state index contributed by atoms with van der Waals surface area (Å²) in [7, 11) is 0. The van der Waals surface area contributed by atoms with Crippen LogP contribution in [0.1, 0.15) is 35.2 Å². The molecule has 0 aliphatic rings. The number of nitrogens with one attached hydrogen (secondary N) is 1. The molecule has 0 radical (unpaired) electrons. The number of aromatic nitrogens is 1. The van der Waals surface area contributed by atoms with E-state index < -0.39 is 34.7 Å². The van der Waals surface area contributed by atoms with Gasteiger partial charge in [0.15, 0.2) is 0 Å². The number of nitrogens with two attached hydrogens (primary N) is 1. The first-order valence-electron chi connectivity index (χ1n) is 8.73. The molecule has 0 spiro atoms. The summed E-state index contributed by atoms with van der Waals surface area (Å²) in [6.45, 7) is 1.77. The molecule has 10 heteroatoms. The normalized spacial score (nSPS) is 12.4. The number of rotatable bonds is 9. The fourth-order valence-electron chi connectivity index (χ4n) is 2.77. The van der Waals surface area contributed by atoms with E-state index in [1.807, 2.05) is 0 Å². The lowest BCUT2D eigenvalue weighted by atomic mass is 9.87. The summed E-state index contributed by atoms with van der Waals surface area (Å²) in [4.78, 5) is 50.8. The van der Waals surface area contributed by atoms with Crippen molar-refractivity contribution < 1.29 is 24.0 Å². The Morgan fingerprint density at radius 2 is 1.79 bits per heavy atom. The van der Waals surface area contributed by atoms with Crippen molar-refractivity contribution in [3.8, 4) is 0 Å². The number of primary amides is 1. The lowest BCUT2D eigenvalue weighted by Crippen LogP contribution is -2.48. The average Bonchev–Trinajstić information content (AvgIpc) is 2.71. The number of esters is 1. The maximum atomic E-state index is 12.5. The third-order valence-corrected chi connectivity index (χ3v) is 4.16. The third-order valence-electron chi connectivity index (χ3n) is 4.16. The first-order chi connectivity index (χ1) is 13.8. The zero-order valence-electron chi connectivity index (χ0n) is 15.6. The van der Waals surface area contributed by atoms with Crippen LogP contribution in [0, 0.1) is 10.1 Å². The van der Waals surface area contributed by atoms with Gasteiger partial charge in [-0.05, 0) is 24.6 Å². The quantitative estimate of drug-likeness (QED) is 0.365. The lowest BCUT2D eigenvalue weighted by Gasteiger charge is -2.25. The molecule has 1 aromatic heterocycles. The van der Waals surface area contributed by atoms with Crippen LogP contribution in [0.4, 0.5) is 5.69 Å². The molecule has 10 nitrogen and oxygen atoms in total. The minimum atomic E-state index is -1.25. The summed E-state index contributed by atoms with van der Waals surface area (Å²) in [6.07, 6.45) is 2.58. The fraction of sp³-hybridized carbons (Fsp3) is 0.263. The Hall–Kier alpha value is -3.82. The van der Waals surface area contributed by atoms with Gasteiger partial charge in [0.2, 0.25) is 5.91 Å². The van der Waals surface area contributed by atoms with Gasteiger partial charge in [0.25, 0.3) is 11.6 Å². The number of amides is 2. The Morgan fingerprint density at radius 1 is 1.17 bits per heavy atom. The summed E-state index contributed by atoms with van der Waals surface area (Å²) < 4.78 is 4.96. The second kappa shape index (κ2) is 9.93. The second-order valence-electron chi connectivity index (χ2n) is 6.05. The standard InChI is InChI=1S/C19H20N4O6/c1-2-29-16(24)11-15(12-3-5-14(6-4-12)23(27)28)17(18(20)25)22-19(26)13-7-9-21-10-8-13/h3-10,15,17H,2,11H2,1H3,(H2,20,25)(H,22,26)/t15-,17+/m0/s1. The SMILES string of the molecule is CCOC(=O)C[C@@H](c1ccc([N+](=O)[O-])cc1)[C@@H](NC(=O)c1ccncc1)C(N)=O. The van der Waals surface area contributed by atoms with E-state index in [0.29, 0.717) is 5.56 Å². The van der Waals surface area contributed by atoms with Gasteiger partial charge in [0.05, 0.1) is 18.0 Å². The van der Waals surface area contributed by atoms with Crippen LogP contribution in [0.15, 0.2) is 48.8 Å². The van der Waals surface area contributed by atoms with E-state index in [1.54, 1.807) is 6.92 Å². The van der Waals surface area contributed by atoms with E-state index in [1.165, 1.54) is 48.8 Å². The number of nitro benzene ring substituents is 1.